The van der Waals surface area contributed by atoms with Crippen molar-refractivity contribution < 1.29 is 14.1 Å². The maximum Gasteiger partial charge on any atom is 0.255 e. The molecule has 24 heavy (non-hydrogen) atoms. The third kappa shape index (κ3) is 3.12. The number of methoxy groups -OCH3 is 1. The van der Waals surface area contributed by atoms with Crippen molar-refractivity contribution in [3.8, 4) is 17.1 Å². The molecule has 3 rings (SSSR count). The molecular formula is C16H17N5O3. The number of rotatable bonds is 5. The molecule has 2 N–H and O–H groups in total. The van der Waals surface area contributed by atoms with Gasteiger partial charge in [0.15, 0.2) is 0 Å². The van der Waals surface area contributed by atoms with Crippen molar-refractivity contribution in [2.24, 2.45) is 0 Å². The van der Waals surface area contributed by atoms with Gasteiger partial charge in [-0.2, -0.15) is 10.1 Å². The lowest BCUT2D eigenvalue weighted by Crippen LogP contribution is -2.27. The second kappa shape index (κ2) is 6.53. The number of H-pyrrole nitrogens is 1. The van der Waals surface area contributed by atoms with E-state index >= 15 is 0 Å². The maximum atomic E-state index is 12.2. The van der Waals surface area contributed by atoms with E-state index in [9.17, 15) is 4.79 Å². The summed E-state index contributed by atoms with van der Waals surface area (Å²) in [4.78, 5) is 16.5. The van der Waals surface area contributed by atoms with Gasteiger partial charge in [0.2, 0.25) is 11.7 Å². The van der Waals surface area contributed by atoms with Crippen LogP contribution in [0.5, 0.6) is 5.75 Å². The summed E-state index contributed by atoms with van der Waals surface area (Å²) in [6.45, 7) is 3.55. The quantitative estimate of drug-likeness (QED) is 0.744. The van der Waals surface area contributed by atoms with Crippen molar-refractivity contribution in [1.29, 1.82) is 0 Å². The van der Waals surface area contributed by atoms with Crippen LogP contribution < -0.4 is 10.1 Å². The van der Waals surface area contributed by atoms with Gasteiger partial charge in [-0.25, -0.2) is 0 Å². The Kier molecular flexibility index (Phi) is 4.28. The number of nitrogens with zero attached hydrogens (tertiary/aromatic N) is 3. The number of nitrogens with one attached hydrogen (secondary N) is 2. The van der Waals surface area contributed by atoms with Crippen LogP contribution in [0, 0.1) is 6.92 Å². The summed E-state index contributed by atoms with van der Waals surface area (Å²) in [5.41, 5.74) is 1.95. The molecule has 0 saturated carbocycles. The van der Waals surface area contributed by atoms with Crippen LogP contribution in [0.25, 0.3) is 11.4 Å². The first-order chi connectivity index (χ1) is 11.6. The van der Waals surface area contributed by atoms with Crippen LogP contribution in [0.15, 0.2) is 35.0 Å². The van der Waals surface area contributed by atoms with Crippen LogP contribution in [-0.2, 0) is 0 Å². The minimum atomic E-state index is -0.432. The molecule has 2 heterocycles. The standard InChI is InChI=1S/C16H17N5O3/c1-9-13(8-17-20-9)15(22)18-10(2)16-19-14(21-24-16)11-5-4-6-12(7-11)23-3/h4-8,10H,1-3H3,(H,17,20)(H,18,22)/t10-/m0/s1. The van der Waals surface area contributed by atoms with E-state index in [0.29, 0.717) is 28.7 Å². The molecule has 0 aliphatic heterocycles. The highest BCUT2D eigenvalue weighted by molar-refractivity contribution is 5.95. The summed E-state index contributed by atoms with van der Waals surface area (Å²) in [6.07, 6.45) is 1.48. The van der Waals surface area contributed by atoms with Gasteiger partial charge in [0.05, 0.1) is 18.9 Å². The molecule has 0 unspecified atom stereocenters. The SMILES string of the molecule is COc1cccc(-c2noc([C@H](C)NC(=O)c3cn[nH]c3C)n2)c1. The summed E-state index contributed by atoms with van der Waals surface area (Å²) >= 11 is 0. The number of hydrogen-bond acceptors (Lipinski definition) is 6. The van der Waals surface area contributed by atoms with Gasteiger partial charge in [-0.05, 0) is 26.0 Å². The first kappa shape index (κ1) is 15.7. The van der Waals surface area contributed by atoms with E-state index in [1.54, 1.807) is 21.0 Å². The van der Waals surface area contributed by atoms with Crippen LogP contribution >= 0.6 is 0 Å². The number of aryl methyl sites for hydroxylation is 1. The first-order valence-electron chi connectivity index (χ1n) is 7.37. The Balaban J connectivity index is 1.75. The zero-order valence-electron chi connectivity index (χ0n) is 13.5. The molecule has 0 bridgehead atoms. The number of carbonyl (C=O) groups is 1. The molecule has 0 fully saturated rings. The highest BCUT2D eigenvalue weighted by Crippen LogP contribution is 2.22. The zero-order chi connectivity index (χ0) is 17.1. The average molecular weight is 327 g/mol. The molecule has 1 atom stereocenters. The van der Waals surface area contributed by atoms with Crippen molar-refractivity contribution in [2.75, 3.05) is 7.11 Å². The van der Waals surface area contributed by atoms with Crippen LogP contribution in [0.3, 0.4) is 0 Å². The van der Waals surface area contributed by atoms with E-state index in [4.69, 9.17) is 9.26 Å². The number of ether oxygens (including phenoxy) is 1. The molecule has 1 amide bonds. The molecule has 124 valence electrons. The van der Waals surface area contributed by atoms with Crippen LogP contribution in [0.4, 0.5) is 0 Å². The average Bonchev–Trinajstić information content (AvgIpc) is 3.24. The minimum absolute atomic E-state index is 0.255. The van der Waals surface area contributed by atoms with Gasteiger partial charge in [-0.1, -0.05) is 17.3 Å². The molecule has 0 saturated heterocycles. The van der Waals surface area contributed by atoms with Crippen molar-refractivity contribution >= 4 is 5.91 Å². The summed E-state index contributed by atoms with van der Waals surface area (Å²) in [6, 6.07) is 6.92. The van der Waals surface area contributed by atoms with Crippen molar-refractivity contribution in [2.45, 2.75) is 19.9 Å². The van der Waals surface area contributed by atoms with E-state index in [0.717, 1.165) is 5.56 Å². The summed E-state index contributed by atoms with van der Waals surface area (Å²) in [7, 11) is 1.59. The molecule has 8 nitrogen and oxygen atoms in total. The zero-order valence-corrected chi connectivity index (χ0v) is 13.5. The van der Waals surface area contributed by atoms with E-state index in [2.05, 4.69) is 25.7 Å². The Morgan fingerprint density at radius 3 is 2.96 bits per heavy atom. The van der Waals surface area contributed by atoms with Gasteiger partial charge in [-0.15, -0.1) is 0 Å². The Bertz CT molecular complexity index is 855. The van der Waals surface area contributed by atoms with Gasteiger partial charge in [0.1, 0.15) is 11.8 Å². The van der Waals surface area contributed by atoms with Crippen LogP contribution in [0.2, 0.25) is 0 Å². The van der Waals surface area contributed by atoms with Crippen molar-refractivity contribution in [1.82, 2.24) is 25.7 Å². The Morgan fingerprint density at radius 1 is 1.42 bits per heavy atom. The summed E-state index contributed by atoms with van der Waals surface area (Å²) < 4.78 is 10.4. The third-order valence-electron chi connectivity index (χ3n) is 3.56. The van der Waals surface area contributed by atoms with E-state index in [-0.39, 0.29) is 5.91 Å². The van der Waals surface area contributed by atoms with E-state index in [1.165, 1.54) is 6.20 Å². The minimum Gasteiger partial charge on any atom is -0.497 e. The summed E-state index contributed by atoms with van der Waals surface area (Å²) in [5, 5.41) is 13.3. The normalized spacial score (nSPS) is 12.0. The molecule has 2 aromatic heterocycles. The second-order valence-corrected chi connectivity index (χ2v) is 5.29. The van der Waals surface area contributed by atoms with Crippen molar-refractivity contribution in [3.05, 3.63) is 47.6 Å². The molecule has 8 heteroatoms. The van der Waals surface area contributed by atoms with E-state index in [1.807, 2.05) is 24.3 Å². The topological polar surface area (TPSA) is 106 Å². The largest absolute Gasteiger partial charge is 0.497 e. The fraction of sp³-hybridized carbons (Fsp3) is 0.250. The van der Waals surface area contributed by atoms with Gasteiger partial charge >= 0.3 is 0 Å². The fourth-order valence-electron chi connectivity index (χ4n) is 2.21. The van der Waals surface area contributed by atoms with E-state index < -0.39 is 6.04 Å². The fourth-order valence-corrected chi connectivity index (χ4v) is 2.21. The van der Waals surface area contributed by atoms with Gasteiger partial charge in [0, 0.05) is 11.3 Å². The molecule has 1 aromatic carbocycles. The maximum absolute atomic E-state index is 12.2. The summed E-state index contributed by atoms with van der Waals surface area (Å²) in [5.74, 6) is 1.21. The number of amides is 1. The van der Waals surface area contributed by atoms with Crippen LogP contribution in [0.1, 0.15) is 34.9 Å². The lowest BCUT2D eigenvalue weighted by atomic mass is 10.2. The predicted octanol–water partition coefficient (Wildman–Crippen LogP) is 2.27. The number of aromatic nitrogens is 4. The Hall–Kier alpha value is -3.16. The highest BCUT2D eigenvalue weighted by Gasteiger charge is 2.19. The Morgan fingerprint density at radius 2 is 2.25 bits per heavy atom. The van der Waals surface area contributed by atoms with Crippen molar-refractivity contribution in [3.63, 3.8) is 0 Å². The molecule has 0 aliphatic carbocycles. The molecular weight excluding hydrogens is 310 g/mol. The van der Waals surface area contributed by atoms with Gasteiger partial charge in [-0.3, -0.25) is 9.89 Å². The van der Waals surface area contributed by atoms with Gasteiger partial charge < -0.3 is 14.6 Å². The predicted molar refractivity (Wildman–Crippen MR) is 85.5 cm³/mol. The first-order valence-corrected chi connectivity index (χ1v) is 7.37. The number of hydrogen-bond donors (Lipinski definition) is 2. The molecule has 3 aromatic rings. The smallest absolute Gasteiger partial charge is 0.255 e. The number of carbonyl (C=O) groups excluding carboxylic acids is 1. The van der Waals surface area contributed by atoms with Crippen LogP contribution in [-0.4, -0.2) is 33.4 Å². The number of benzene rings is 1. The second-order valence-electron chi connectivity index (χ2n) is 5.29. The lowest BCUT2D eigenvalue weighted by molar-refractivity contribution is 0.0932. The third-order valence-corrected chi connectivity index (χ3v) is 3.56. The highest BCUT2D eigenvalue weighted by atomic mass is 16.5. The molecule has 0 aliphatic rings. The monoisotopic (exact) mass is 327 g/mol. The van der Waals surface area contributed by atoms with Gasteiger partial charge in [0.25, 0.3) is 5.91 Å². The lowest BCUT2D eigenvalue weighted by Gasteiger charge is -2.08. The molecule has 0 radical (unpaired) electrons. The molecule has 0 spiro atoms. The number of aromatic amines is 1. The Labute approximate surface area is 138 Å².